The number of rotatable bonds is 3. The van der Waals surface area contributed by atoms with Crippen LogP contribution in [-0.4, -0.2) is 11.2 Å². The number of hydrogen-bond acceptors (Lipinski definition) is 2. The average Bonchev–Trinajstić information content (AvgIpc) is 2.57. The number of hydrogen-bond donors (Lipinski definition) is 1. The first-order chi connectivity index (χ1) is 6.81. The summed E-state index contributed by atoms with van der Waals surface area (Å²) in [7, 11) is 0. The van der Waals surface area contributed by atoms with Crippen LogP contribution in [0.1, 0.15) is 6.92 Å². The van der Waals surface area contributed by atoms with E-state index in [0.29, 0.717) is 6.73 Å². The van der Waals surface area contributed by atoms with Gasteiger partial charge in [0.1, 0.15) is 6.73 Å². The van der Waals surface area contributed by atoms with E-state index in [1.165, 1.54) is 5.39 Å². The van der Waals surface area contributed by atoms with Gasteiger partial charge in [0, 0.05) is 18.5 Å². The maximum absolute atomic E-state index is 5.73. The molecule has 74 valence electrons. The minimum Gasteiger partial charge on any atom is -0.399 e. The topological polar surface area (TPSA) is 40.2 Å². The minimum atomic E-state index is 0.587. The van der Waals surface area contributed by atoms with Crippen molar-refractivity contribution in [3.63, 3.8) is 0 Å². The lowest BCUT2D eigenvalue weighted by molar-refractivity contribution is 0.0909. The molecule has 1 aromatic carbocycles. The van der Waals surface area contributed by atoms with Gasteiger partial charge >= 0.3 is 0 Å². The summed E-state index contributed by atoms with van der Waals surface area (Å²) in [5, 5.41) is 1.19. The summed E-state index contributed by atoms with van der Waals surface area (Å²) in [5.41, 5.74) is 7.64. The third kappa shape index (κ3) is 1.59. The molecule has 0 amide bonds. The zero-order valence-corrected chi connectivity index (χ0v) is 8.23. The summed E-state index contributed by atoms with van der Waals surface area (Å²) in [6, 6.07) is 7.96. The molecule has 1 heterocycles. The van der Waals surface area contributed by atoms with Crippen molar-refractivity contribution < 1.29 is 4.74 Å². The number of nitrogens with two attached hydrogens (primary N) is 1. The molecule has 0 bridgehead atoms. The molecule has 0 saturated heterocycles. The van der Waals surface area contributed by atoms with Crippen LogP contribution in [0.2, 0.25) is 0 Å². The predicted octanol–water partition coefficient (Wildman–Crippen LogP) is 2.22. The smallest absolute Gasteiger partial charge is 0.122 e. The normalized spacial score (nSPS) is 10.9. The van der Waals surface area contributed by atoms with Crippen molar-refractivity contribution >= 4 is 16.6 Å². The molecule has 0 saturated carbocycles. The highest BCUT2D eigenvalue weighted by atomic mass is 16.5. The first-order valence-electron chi connectivity index (χ1n) is 4.73. The maximum Gasteiger partial charge on any atom is 0.122 e. The van der Waals surface area contributed by atoms with Crippen LogP contribution in [-0.2, 0) is 11.5 Å². The molecular weight excluding hydrogens is 176 g/mol. The van der Waals surface area contributed by atoms with Gasteiger partial charge in [-0.15, -0.1) is 0 Å². The van der Waals surface area contributed by atoms with E-state index in [-0.39, 0.29) is 0 Å². The van der Waals surface area contributed by atoms with E-state index in [1.807, 2.05) is 31.3 Å². The minimum absolute atomic E-state index is 0.587. The first-order valence-corrected chi connectivity index (χ1v) is 4.73. The van der Waals surface area contributed by atoms with Crippen molar-refractivity contribution in [3.05, 3.63) is 30.5 Å². The van der Waals surface area contributed by atoms with Crippen LogP contribution in [0.15, 0.2) is 30.5 Å². The van der Waals surface area contributed by atoms with Gasteiger partial charge in [0.2, 0.25) is 0 Å². The Morgan fingerprint density at radius 1 is 1.36 bits per heavy atom. The lowest BCUT2D eigenvalue weighted by atomic mass is 10.2. The molecule has 0 aliphatic heterocycles. The summed E-state index contributed by atoms with van der Waals surface area (Å²) in [5.74, 6) is 0. The van der Waals surface area contributed by atoms with E-state index in [4.69, 9.17) is 10.5 Å². The van der Waals surface area contributed by atoms with Crippen molar-refractivity contribution in [2.45, 2.75) is 13.7 Å². The lowest BCUT2D eigenvalue weighted by Crippen LogP contribution is -2.00. The first kappa shape index (κ1) is 9.09. The Bertz CT molecular complexity index is 434. The molecule has 2 aromatic rings. The number of aromatic nitrogens is 1. The molecule has 0 radical (unpaired) electrons. The number of nitrogens with zero attached hydrogens (tertiary/aromatic N) is 1. The number of fused-ring (bicyclic) bond motifs is 1. The lowest BCUT2D eigenvalue weighted by Gasteiger charge is -2.05. The van der Waals surface area contributed by atoms with Crippen molar-refractivity contribution in [2.24, 2.45) is 0 Å². The Kier molecular flexibility index (Phi) is 2.41. The molecule has 14 heavy (non-hydrogen) atoms. The molecule has 1 aromatic heterocycles. The monoisotopic (exact) mass is 190 g/mol. The van der Waals surface area contributed by atoms with Crippen molar-refractivity contribution in [3.8, 4) is 0 Å². The molecular formula is C11H14N2O. The standard InChI is InChI=1S/C11H14N2O/c1-2-14-8-13-6-5-9-3-4-10(12)7-11(9)13/h3-7H,2,8,12H2,1H3. The van der Waals surface area contributed by atoms with Gasteiger partial charge in [-0.25, -0.2) is 0 Å². The Labute approximate surface area is 83.1 Å². The second-order valence-electron chi connectivity index (χ2n) is 3.23. The highest BCUT2D eigenvalue weighted by molar-refractivity contribution is 5.83. The van der Waals surface area contributed by atoms with Crippen LogP contribution in [0.5, 0.6) is 0 Å². The highest BCUT2D eigenvalue weighted by Crippen LogP contribution is 2.18. The third-order valence-corrected chi connectivity index (χ3v) is 2.23. The van der Waals surface area contributed by atoms with Crippen molar-refractivity contribution in [1.82, 2.24) is 4.57 Å². The zero-order chi connectivity index (χ0) is 9.97. The summed E-state index contributed by atoms with van der Waals surface area (Å²) in [6.45, 7) is 3.30. The Balaban J connectivity index is 2.40. The fourth-order valence-electron chi connectivity index (χ4n) is 1.50. The van der Waals surface area contributed by atoms with E-state index in [0.717, 1.165) is 17.8 Å². The van der Waals surface area contributed by atoms with E-state index < -0.39 is 0 Å². The Morgan fingerprint density at radius 2 is 2.21 bits per heavy atom. The van der Waals surface area contributed by atoms with Crippen LogP contribution in [0.25, 0.3) is 10.9 Å². The van der Waals surface area contributed by atoms with Crippen LogP contribution < -0.4 is 5.73 Å². The van der Waals surface area contributed by atoms with Gasteiger partial charge in [0.15, 0.2) is 0 Å². The summed E-state index contributed by atoms with van der Waals surface area (Å²) in [6.07, 6.45) is 2.01. The van der Waals surface area contributed by atoms with Gasteiger partial charge in [-0.2, -0.15) is 0 Å². The molecule has 3 heteroatoms. The average molecular weight is 190 g/mol. The second-order valence-corrected chi connectivity index (χ2v) is 3.23. The molecule has 2 rings (SSSR count). The van der Waals surface area contributed by atoms with Gasteiger partial charge in [0.25, 0.3) is 0 Å². The van der Waals surface area contributed by atoms with Crippen molar-refractivity contribution in [1.29, 1.82) is 0 Å². The number of nitrogen functional groups attached to an aromatic ring is 1. The molecule has 0 spiro atoms. The van der Waals surface area contributed by atoms with Crippen LogP contribution in [0.3, 0.4) is 0 Å². The molecule has 0 aliphatic rings. The summed E-state index contributed by atoms with van der Waals surface area (Å²) >= 11 is 0. The molecule has 0 aliphatic carbocycles. The maximum atomic E-state index is 5.73. The van der Waals surface area contributed by atoms with Gasteiger partial charge in [0.05, 0.1) is 5.52 Å². The number of ether oxygens (including phenoxy) is 1. The number of anilines is 1. The summed E-state index contributed by atoms with van der Waals surface area (Å²) < 4.78 is 7.40. The zero-order valence-electron chi connectivity index (χ0n) is 8.23. The molecule has 3 nitrogen and oxygen atoms in total. The third-order valence-electron chi connectivity index (χ3n) is 2.23. The fraction of sp³-hybridized carbons (Fsp3) is 0.273. The molecule has 0 atom stereocenters. The Morgan fingerprint density at radius 3 is 3.00 bits per heavy atom. The quantitative estimate of drug-likeness (QED) is 0.754. The van der Waals surface area contributed by atoms with Gasteiger partial charge in [-0.05, 0) is 30.5 Å². The van der Waals surface area contributed by atoms with E-state index in [9.17, 15) is 0 Å². The number of benzene rings is 1. The van der Waals surface area contributed by atoms with Crippen LogP contribution in [0.4, 0.5) is 5.69 Å². The second kappa shape index (κ2) is 3.72. The Hall–Kier alpha value is -1.48. The van der Waals surface area contributed by atoms with Gasteiger partial charge in [-0.1, -0.05) is 6.07 Å². The molecule has 2 N–H and O–H groups in total. The van der Waals surface area contributed by atoms with Gasteiger partial charge < -0.3 is 15.0 Å². The SMILES string of the molecule is CCOCn1ccc2ccc(N)cc21. The fourth-order valence-corrected chi connectivity index (χ4v) is 1.50. The largest absolute Gasteiger partial charge is 0.399 e. The summed E-state index contributed by atoms with van der Waals surface area (Å²) in [4.78, 5) is 0. The van der Waals surface area contributed by atoms with Crippen molar-refractivity contribution in [2.75, 3.05) is 12.3 Å². The molecule has 0 unspecified atom stereocenters. The molecule has 0 fully saturated rings. The van der Waals surface area contributed by atoms with Crippen LogP contribution >= 0.6 is 0 Å². The van der Waals surface area contributed by atoms with E-state index in [1.54, 1.807) is 0 Å². The highest BCUT2D eigenvalue weighted by Gasteiger charge is 2.00. The van der Waals surface area contributed by atoms with E-state index in [2.05, 4.69) is 10.6 Å². The van der Waals surface area contributed by atoms with Crippen LogP contribution in [0, 0.1) is 0 Å². The van der Waals surface area contributed by atoms with Gasteiger partial charge in [-0.3, -0.25) is 0 Å². The van der Waals surface area contributed by atoms with E-state index >= 15 is 0 Å². The predicted molar refractivity (Wildman–Crippen MR) is 58.0 cm³/mol.